The van der Waals surface area contributed by atoms with Crippen LogP contribution in [0.5, 0.6) is 0 Å². The zero-order valence-electron chi connectivity index (χ0n) is 15.7. The van der Waals surface area contributed by atoms with Crippen molar-refractivity contribution in [2.45, 2.75) is 19.3 Å². The van der Waals surface area contributed by atoms with Crippen LogP contribution in [0.25, 0.3) is 11.1 Å². The molecule has 0 bridgehead atoms. The van der Waals surface area contributed by atoms with Gasteiger partial charge in [0.25, 0.3) is 0 Å². The fourth-order valence-electron chi connectivity index (χ4n) is 3.62. The molecule has 2 heterocycles. The van der Waals surface area contributed by atoms with Gasteiger partial charge in [-0.2, -0.15) is 0 Å². The summed E-state index contributed by atoms with van der Waals surface area (Å²) < 4.78 is 14.1. The molecule has 2 aromatic heterocycles. The summed E-state index contributed by atoms with van der Waals surface area (Å²) in [5.41, 5.74) is 6.46. The van der Waals surface area contributed by atoms with Gasteiger partial charge in [-0.1, -0.05) is 48.0 Å². The Morgan fingerprint density at radius 2 is 1.54 bits per heavy atom. The predicted molar refractivity (Wildman–Crippen MR) is 111 cm³/mol. The van der Waals surface area contributed by atoms with Crippen LogP contribution in [0, 0.1) is 12.7 Å². The van der Waals surface area contributed by atoms with E-state index < -0.39 is 0 Å². The Labute approximate surface area is 164 Å². The fraction of sp³-hybridized carbons (Fsp3) is 0.120. The van der Waals surface area contributed by atoms with E-state index in [0.29, 0.717) is 0 Å². The van der Waals surface area contributed by atoms with Gasteiger partial charge in [-0.15, -0.1) is 0 Å². The van der Waals surface area contributed by atoms with Crippen LogP contribution in [-0.4, -0.2) is 9.97 Å². The minimum absolute atomic E-state index is 0.0939. The van der Waals surface area contributed by atoms with Gasteiger partial charge < -0.3 is 0 Å². The molecule has 0 spiro atoms. The Morgan fingerprint density at radius 3 is 2.14 bits per heavy atom. The zero-order valence-corrected chi connectivity index (χ0v) is 15.7. The van der Waals surface area contributed by atoms with E-state index >= 15 is 0 Å². The second-order valence-electron chi connectivity index (χ2n) is 7.00. The third-order valence-corrected chi connectivity index (χ3v) is 5.00. The molecular weight excluding hydrogens is 347 g/mol. The number of halogens is 1. The van der Waals surface area contributed by atoms with Gasteiger partial charge in [0.05, 0.1) is 0 Å². The summed E-state index contributed by atoms with van der Waals surface area (Å²) in [7, 11) is 0. The van der Waals surface area contributed by atoms with Gasteiger partial charge in [0.1, 0.15) is 5.82 Å². The van der Waals surface area contributed by atoms with Gasteiger partial charge in [0, 0.05) is 30.7 Å². The van der Waals surface area contributed by atoms with Crippen LogP contribution >= 0.6 is 0 Å². The van der Waals surface area contributed by atoms with Crippen molar-refractivity contribution in [3.05, 3.63) is 120 Å². The molecule has 138 valence electrons. The molecule has 0 saturated heterocycles. The Balaban J connectivity index is 1.80. The molecule has 4 aromatic rings. The monoisotopic (exact) mass is 368 g/mol. The lowest BCUT2D eigenvalue weighted by atomic mass is 9.85. The number of aromatic nitrogens is 2. The van der Waals surface area contributed by atoms with Crippen LogP contribution in [0.1, 0.15) is 28.2 Å². The number of pyridine rings is 2. The van der Waals surface area contributed by atoms with E-state index in [1.54, 1.807) is 18.5 Å². The summed E-state index contributed by atoms with van der Waals surface area (Å²) in [5.74, 6) is -0.129. The van der Waals surface area contributed by atoms with Crippen molar-refractivity contribution in [1.82, 2.24) is 9.97 Å². The first-order valence-electron chi connectivity index (χ1n) is 9.36. The van der Waals surface area contributed by atoms with Gasteiger partial charge >= 0.3 is 0 Å². The molecule has 4 rings (SSSR count). The molecule has 0 atom stereocenters. The largest absolute Gasteiger partial charge is 0.264 e. The number of hydrogen-bond donors (Lipinski definition) is 0. The summed E-state index contributed by atoms with van der Waals surface area (Å²) in [6.07, 6.45) is 8.09. The van der Waals surface area contributed by atoms with Crippen molar-refractivity contribution >= 4 is 0 Å². The predicted octanol–water partition coefficient (Wildman–Crippen LogP) is 5.97. The number of hydrogen-bond acceptors (Lipinski definition) is 2. The van der Waals surface area contributed by atoms with Gasteiger partial charge in [-0.3, -0.25) is 9.97 Å². The highest BCUT2D eigenvalue weighted by molar-refractivity contribution is 5.68. The summed E-state index contributed by atoms with van der Waals surface area (Å²) in [4.78, 5) is 8.60. The van der Waals surface area contributed by atoms with Crippen molar-refractivity contribution in [2.24, 2.45) is 0 Å². The third kappa shape index (κ3) is 3.99. The van der Waals surface area contributed by atoms with E-state index in [9.17, 15) is 4.39 Å². The van der Waals surface area contributed by atoms with Crippen LogP contribution in [-0.2, 0) is 6.42 Å². The maximum atomic E-state index is 14.1. The molecule has 0 fully saturated rings. The number of benzene rings is 2. The van der Waals surface area contributed by atoms with Crippen molar-refractivity contribution in [3.63, 3.8) is 0 Å². The first kappa shape index (κ1) is 18.1. The summed E-state index contributed by atoms with van der Waals surface area (Å²) in [5, 5.41) is 0. The second-order valence-corrected chi connectivity index (χ2v) is 7.00. The first-order valence-corrected chi connectivity index (χ1v) is 9.36. The second kappa shape index (κ2) is 8.13. The molecule has 3 heteroatoms. The molecule has 0 N–H and O–H groups in total. The molecule has 2 nitrogen and oxygen atoms in total. The van der Waals surface area contributed by atoms with E-state index in [4.69, 9.17) is 0 Å². The average molecular weight is 368 g/mol. The lowest BCUT2D eigenvalue weighted by Gasteiger charge is -2.20. The highest BCUT2D eigenvalue weighted by Crippen LogP contribution is 2.33. The standard InChI is InChI=1S/C25H21FN2/c1-18-5-2-6-19(13-18)25-15-23(26)10-9-20(25)14-24(21-7-3-11-27-16-21)22-8-4-12-28-17-22/h2-13,15-17,24H,14H2,1H3. The Kier molecular flexibility index (Phi) is 5.24. The fourth-order valence-corrected chi connectivity index (χ4v) is 3.62. The van der Waals surface area contributed by atoms with Crippen molar-refractivity contribution < 1.29 is 4.39 Å². The molecule has 0 aliphatic carbocycles. The molecular formula is C25H21FN2. The maximum Gasteiger partial charge on any atom is 0.123 e. The van der Waals surface area contributed by atoms with Crippen molar-refractivity contribution in [3.8, 4) is 11.1 Å². The topological polar surface area (TPSA) is 25.8 Å². The highest BCUT2D eigenvalue weighted by atomic mass is 19.1. The average Bonchev–Trinajstić information content (AvgIpc) is 2.74. The normalized spacial score (nSPS) is 11.0. The van der Waals surface area contributed by atoms with E-state index in [0.717, 1.165) is 39.8 Å². The number of rotatable bonds is 5. The lowest BCUT2D eigenvalue weighted by molar-refractivity contribution is 0.627. The van der Waals surface area contributed by atoms with Gasteiger partial charge in [-0.25, -0.2) is 4.39 Å². The van der Waals surface area contributed by atoms with Gasteiger partial charge in [-0.05, 0) is 65.4 Å². The van der Waals surface area contributed by atoms with Gasteiger partial charge in [0.15, 0.2) is 0 Å². The molecule has 0 radical (unpaired) electrons. The first-order chi connectivity index (χ1) is 13.7. The zero-order chi connectivity index (χ0) is 19.3. The molecule has 0 aliphatic heterocycles. The molecule has 28 heavy (non-hydrogen) atoms. The Bertz CT molecular complexity index is 1020. The van der Waals surface area contributed by atoms with Crippen LogP contribution in [0.3, 0.4) is 0 Å². The Hall–Kier alpha value is -3.33. The molecule has 0 aliphatic rings. The molecule has 0 unspecified atom stereocenters. The number of nitrogens with zero attached hydrogens (tertiary/aromatic N) is 2. The summed E-state index contributed by atoms with van der Waals surface area (Å²) >= 11 is 0. The number of aryl methyl sites for hydroxylation is 1. The third-order valence-electron chi connectivity index (χ3n) is 5.00. The molecule has 0 amide bonds. The van der Waals surface area contributed by atoms with Crippen molar-refractivity contribution in [1.29, 1.82) is 0 Å². The quantitative estimate of drug-likeness (QED) is 0.434. The van der Waals surface area contributed by atoms with Crippen LogP contribution in [0.15, 0.2) is 91.5 Å². The summed E-state index contributed by atoms with van der Waals surface area (Å²) in [6.45, 7) is 2.05. The van der Waals surface area contributed by atoms with E-state index in [-0.39, 0.29) is 11.7 Å². The maximum absolute atomic E-state index is 14.1. The smallest absolute Gasteiger partial charge is 0.123 e. The van der Waals surface area contributed by atoms with Gasteiger partial charge in [0.2, 0.25) is 0 Å². The van der Waals surface area contributed by atoms with Crippen LogP contribution in [0.2, 0.25) is 0 Å². The molecule has 0 saturated carbocycles. The van der Waals surface area contributed by atoms with E-state index in [1.165, 1.54) is 6.07 Å². The molecule has 2 aromatic carbocycles. The Morgan fingerprint density at radius 1 is 0.821 bits per heavy atom. The highest BCUT2D eigenvalue weighted by Gasteiger charge is 2.18. The van der Waals surface area contributed by atoms with E-state index in [1.807, 2.05) is 42.7 Å². The minimum Gasteiger partial charge on any atom is -0.264 e. The lowest BCUT2D eigenvalue weighted by Crippen LogP contribution is -2.07. The van der Waals surface area contributed by atoms with E-state index in [2.05, 4.69) is 41.2 Å². The van der Waals surface area contributed by atoms with Crippen molar-refractivity contribution in [2.75, 3.05) is 0 Å². The van der Waals surface area contributed by atoms with Crippen LogP contribution in [0.4, 0.5) is 4.39 Å². The minimum atomic E-state index is -0.223. The SMILES string of the molecule is Cc1cccc(-c2cc(F)ccc2CC(c2cccnc2)c2cccnc2)c1. The van der Waals surface area contributed by atoms with Crippen LogP contribution < -0.4 is 0 Å². The summed E-state index contributed by atoms with van der Waals surface area (Å²) in [6, 6.07) is 21.3.